The van der Waals surface area contributed by atoms with Crippen LogP contribution in [0.4, 0.5) is 10.1 Å². The molecule has 9 heteroatoms. The summed E-state index contributed by atoms with van der Waals surface area (Å²) in [5.41, 5.74) is 0.106. The van der Waals surface area contributed by atoms with E-state index in [1.807, 2.05) is 0 Å². The quantitative estimate of drug-likeness (QED) is 0.806. The third-order valence-electron chi connectivity index (χ3n) is 2.61. The first kappa shape index (κ1) is 14.9. The van der Waals surface area contributed by atoms with Crippen LogP contribution in [0.15, 0.2) is 23.1 Å². The first-order chi connectivity index (χ1) is 9.38. The van der Waals surface area contributed by atoms with E-state index >= 15 is 0 Å². The third kappa shape index (κ3) is 3.51. The molecule has 1 aliphatic rings. The number of carbonyl (C=O) groups is 1. The van der Waals surface area contributed by atoms with Gasteiger partial charge in [-0.15, -0.1) is 0 Å². The smallest absolute Gasteiger partial charge is 0.255 e. The van der Waals surface area contributed by atoms with Crippen molar-refractivity contribution in [1.29, 1.82) is 0 Å². The third-order valence-corrected chi connectivity index (χ3v) is 3.56. The molecule has 0 spiro atoms. The Kier molecular flexibility index (Phi) is 4.33. The van der Waals surface area contributed by atoms with Gasteiger partial charge < -0.3 is 14.8 Å². The van der Waals surface area contributed by atoms with Gasteiger partial charge in [0, 0.05) is 5.69 Å². The zero-order chi connectivity index (χ0) is 14.8. The number of hydrogen-bond donors (Lipinski definition) is 2. The predicted octanol–water partition coefficient (Wildman–Crippen LogP) is -0.173. The molecule has 0 aliphatic carbocycles. The molecular weight excluding hydrogens is 291 g/mol. The van der Waals surface area contributed by atoms with Gasteiger partial charge >= 0.3 is 0 Å². The van der Waals surface area contributed by atoms with Crippen molar-refractivity contribution in [3.8, 4) is 0 Å². The van der Waals surface area contributed by atoms with Gasteiger partial charge in [-0.3, -0.25) is 4.79 Å². The second kappa shape index (κ2) is 5.83. The van der Waals surface area contributed by atoms with Crippen LogP contribution >= 0.6 is 0 Å². The Morgan fingerprint density at radius 3 is 2.70 bits per heavy atom. The molecule has 1 heterocycles. The van der Waals surface area contributed by atoms with Gasteiger partial charge in [0.2, 0.25) is 10.0 Å². The SMILES string of the molecule is NS(=O)(=O)c1ccc(NC(=O)C2COCCO2)cc1F. The van der Waals surface area contributed by atoms with Crippen molar-refractivity contribution in [3.05, 3.63) is 24.0 Å². The largest absolute Gasteiger partial charge is 0.376 e. The van der Waals surface area contributed by atoms with Crippen LogP contribution in [-0.4, -0.2) is 40.2 Å². The van der Waals surface area contributed by atoms with E-state index in [1.165, 1.54) is 6.07 Å². The minimum atomic E-state index is -4.13. The Hall–Kier alpha value is -1.55. The number of benzene rings is 1. The number of hydrogen-bond acceptors (Lipinski definition) is 5. The number of ether oxygens (including phenoxy) is 2. The summed E-state index contributed by atoms with van der Waals surface area (Å²) >= 11 is 0. The van der Waals surface area contributed by atoms with Crippen molar-refractivity contribution in [2.75, 3.05) is 25.1 Å². The molecule has 110 valence electrons. The number of nitrogens with two attached hydrogens (primary N) is 1. The van der Waals surface area contributed by atoms with Crippen LogP contribution in [-0.2, 0) is 24.3 Å². The van der Waals surface area contributed by atoms with Gasteiger partial charge in [0.05, 0.1) is 19.8 Å². The average molecular weight is 304 g/mol. The number of sulfonamides is 1. The van der Waals surface area contributed by atoms with Crippen molar-refractivity contribution >= 4 is 21.6 Å². The lowest BCUT2D eigenvalue weighted by atomic mass is 10.2. The van der Waals surface area contributed by atoms with Crippen molar-refractivity contribution in [2.45, 2.75) is 11.0 Å². The number of anilines is 1. The molecule has 7 nitrogen and oxygen atoms in total. The lowest BCUT2D eigenvalue weighted by Crippen LogP contribution is -2.39. The zero-order valence-electron chi connectivity index (χ0n) is 10.3. The number of halogens is 1. The summed E-state index contributed by atoms with van der Waals surface area (Å²) < 4.78 is 45.9. The summed E-state index contributed by atoms with van der Waals surface area (Å²) in [6.45, 7) is 0.835. The molecule has 0 radical (unpaired) electrons. The van der Waals surface area contributed by atoms with Gasteiger partial charge in [0.1, 0.15) is 10.7 Å². The lowest BCUT2D eigenvalue weighted by molar-refractivity contribution is -0.142. The fraction of sp³-hybridized carbons (Fsp3) is 0.364. The molecule has 1 amide bonds. The summed E-state index contributed by atoms with van der Waals surface area (Å²) in [6.07, 6.45) is -0.773. The van der Waals surface area contributed by atoms with Crippen LogP contribution in [0.3, 0.4) is 0 Å². The second-order valence-electron chi connectivity index (χ2n) is 4.11. The van der Waals surface area contributed by atoms with Crippen LogP contribution in [0.1, 0.15) is 0 Å². The summed E-state index contributed by atoms with van der Waals surface area (Å²) in [5.74, 6) is -1.53. The molecule has 1 atom stereocenters. The molecule has 1 aliphatic heterocycles. The molecule has 0 saturated carbocycles. The van der Waals surface area contributed by atoms with E-state index in [2.05, 4.69) is 5.32 Å². The van der Waals surface area contributed by atoms with Crippen molar-refractivity contribution in [3.63, 3.8) is 0 Å². The van der Waals surface area contributed by atoms with Crippen LogP contribution in [0.5, 0.6) is 0 Å². The van der Waals surface area contributed by atoms with Crippen LogP contribution in [0.25, 0.3) is 0 Å². The number of rotatable bonds is 3. The molecule has 1 unspecified atom stereocenters. The summed E-state index contributed by atoms with van der Waals surface area (Å²) in [6, 6.07) is 3.10. The molecule has 2 rings (SSSR count). The van der Waals surface area contributed by atoms with Gasteiger partial charge in [-0.1, -0.05) is 0 Å². The van der Waals surface area contributed by atoms with Gasteiger partial charge in [-0.2, -0.15) is 0 Å². The number of amides is 1. The molecule has 20 heavy (non-hydrogen) atoms. The first-order valence-corrected chi connectivity index (χ1v) is 7.25. The first-order valence-electron chi connectivity index (χ1n) is 5.70. The number of carbonyl (C=O) groups excluding carboxylic acids is 1. The normalized spacial score (nSPS) is 19.6. The van der Waals surface area contributed by atoms with E-state index in [-0.39, 0.29) is 12.3 Å². The molecular formula is C11H13FN2O5S. The van der Waals surface area contributed by atoms with E-state index in [1.54, 1.807) is 0 Å². The topological polar surface area (TPSA) is 108 Å². The predicted molar refractivity (Wildman–Crippen MR) is 67.0 cm³/mol. The highest BCUT2D eigenvalue weighted by molar-refractivity contribution is 7.89. The van der Waals surface area contributed by atoms with Gasteiger partial charge in [0.15, 0.2) is 6.10 Å². The average Bonchev–Trinajstić information content (AvgIpc) is 2.38. The molecule has 1 fully saturated rings. The highest BCUT2D eigenvalue weighted by atomic mass is 32.2. The van der Waals surface area contributed by atoms with Gasteiger partial charge in [-0.05, 0) is 18.2 Å². The summed E-state index contributed by atoms with van der Waals surface area (Å²) in [5, 5.41) is 7.25. The molecule has 0 bridgehead atoms. The molecule has 1 aromatic carbocycles. The Labute approximate surface area is 114 Å². The van der Waals surface area contributed by atoms with E-state index in [0.29, 0.717) is 13.2 Å². The maximum atomic E-state index is 13.6. The van der Waals surface area contributed by atoms with E-state index in [4.69, 9.17) is 14.6 Å². The number of primary sulfonamides is 1. The second-order valence-corrected chi connectivity index (χ2v) is 5.64. The Morgan fingerprint density at radius 2 is 2.15 bits per heavy atom. The standard InChI is InChI=1S/C11H13FN2O5S/c12-8-5-7(1-2-10(8)20(13,16)17)14-11(15)9-6-18-3-4-19-9/h1-2,5,9H,3-4,6H2,(H,14,15)(H2,13,16,17). The Morgan fingerprint density at radius 1 is 1.40 bits per heavy atom. The van der Waals surface area contributed by atoms with Crippen LogP contribution in [0, 0.1) is 5.82 Å². The van der Waals surface area contributed by atoms with E-state index in [0.717, 1.165) is 12.1 Å². The highest BCUT2D eigenvalue weighted by Gasteiger charge is 2.23. The van der Waals surface area contributed by atoms with Crippen molar-refractivity contribution < 1.29 is 27.1 Å². The minimum absolute atomic E-state index is 0.106. The van der Waals surface area contributed by atoms with Gasteiger partial charge in [-0.25, -0.2) is 17.9 Å². The Balaban J connectivity index is 2.10. The zero-order valence-corrected chi connectivity index (χ0v) is 11.2. The van der Waals surface area contributed by atoms with Crippen LogP contribution in [0.2, 0.25) is 0 Å². The number of nitrogens with one attached hydrogen (secondary N) is 1. The lowest BCUT2D eigenvalue weighted by Gasteiger charge is -2.22. The van der Waals surface area contributed by atoms with Crippen molar-refractivity contribution in [1.82, 2.24) is 0 Å². The molecule has 3 N–H and O–H groups in total. The van der Waals surface area contributed by atoms with Gasteiger partial charge in [0.25, 0.3) is 5.91 Å². The maximum absolute atomic E-state index is 13.6. The van der Waals surface area contributed by atoms with E-state index < -0.39 is 32.7 Å². The Bertz CT molecular complexity index is 613. The summed E-state index contributed by atoms with van der Waals surface area (Å²) in [4.78, 5) is 11.1. The van der Waals surface area contributed by atoms with Crippen molar-refractivity contribution in [2.24, 2.45) is 5.14 Å². The fourth-order valence-corrected chi connectivity index (χ4v) is 2.26. The fourth-order valence-electron chi connectivity index (χ4n) is 1.67. The molecule has 1 saturated heterocycles. The maximum Gasteiger partial charge on any atom is 0.255 e. The van der Waals surface area contributed by atoms with E-state index in [9.17, 15) is 17.6 Å². The monoisotopic (exact) mass is 304 g/mol. The highest BCUT2D eigenvalue weighted by Crippen LogP contribution is 2.18. The van der Waals surface area contributed by atoms with Crippen LogP contribution < -0.4 is 10.5 Å². The molecule has 1 aromatic rings. The molecule has 0 aromatic heterocycles. The minimum Gasteiger partial charge on any atom is -0.376 e. The summed E-state index contributed by atoms with van der Waals surface area (Å²) in [7, 11) is -4.13.